The Morgan fingerprint density at radius 2 is 2.18 bits per heavy atom. The number of nitrogens with zero attached hydrogens (tertiary/aromatic N) is 1. The molecule has 0 bridgehead atoms. The van der Waals surface area contributed by atoms with E-state index >= 15 is 0 Å². The summed E-state index contributed by atoms with van der Waals surface area (Å²) < 4.78 is 0. The third kappa shape index (κ3) is 3.06. The molecular weight excluding hydrogens is 238 g/mol. The minimum absolute atomic E-state index is 0.0614. The summed E-state index contributed by atoms with van der Waals surface area (Å²) in [7, 11) is 0. The van der Waals surface area contributed by atoms with Crippen molar-refractivity contribution in [3.63, 3.8) is 0 Å². The fourth-order valence-corrected chi connectivity index (χ4v) is 2.90. The molecule has 2 unspecified atom stereocenters. The van der Waals surface area contributed by atoms with Crippen LogP contribution in [0, 0.1) is 5.41 Å². The largest absolute Gasteiger partial charge is 0.409 e. The van der Waals surface area contributed by atoms with Gasteiger partial charge in [0, 0.05) is 11.3 Å². The zero-order valence-electron chi connectivity index (χ0n) is 10.6. The normalized spacial score (nSPS) is 25.9. The van der Waals surface area contributed by atoms with E-state index in [9.17, 15) is 4.79 Å². The van der Waals surface area contributed by atoms with Gasteiger partial charge in [-0.25, -0.2) is 0 Å². The summed E-state index contributed by atoms with van der Waals surface area (Å²) in [6.45, 7) is 3.31. The molecule has 1 rings (SSSR count). The van der Waals surface area contributed by atoms with E-state index in [-0.39, 0.29) is 17.8 Å². The fourth-order valence-electron chi connectivity index (χ4n) is 1.96. The van der Waals surface area contributed by atoms with Crippen molar-refractivity contribution in [1.82, 2.24) is 5.32 Å². The summed E-state index contributed by atoms with van der Waals surface area (Å²) in [5, 5.41) is 15.1. The van der Waals surface area contributed by atoms with Crippen LogP contribution in [0.2, 0.25) is 0 Å². The molecule has 1 amide bonds. The molecule has 0 aromatic carbocycles. The van der Waals surface area contributed by atoms with Crippen molar-refractivity contribution >= 4 is 23.5 Å². The molecule has 1 aliphatic carbocycles. The van der Waals surface area contributed by atoms with Crippen LogP contribution >= 0.6 is 11.8 Å². The zero-order chi connectivity index (χ0) is 13.1. The lowest BCUT2D eigenvalue weighted by Crippen LogP contribution is -2.50. The van der Waals surface area contributed by atoms with Gasteiger partial charge in [-0.1, -0.05) is 11.6 Å². The first-order chi connectivity index (χ1) is 7.93. The van der Waals surface area contributed by atoms with Gasteiger partial charge in [-0.3, -0.25) is 4.79 Å². The second-order valence-corrected chi connectivity index (χ2v) is 5.97. The second kappa shape index (κ2) is 5.62. The molecule has 0 radical (unpaired) electrons. The number of hydrogen-bond donors (Lipinski definition) is 3. The number of rotatable bonds is 4. The lowest BCUT2D eigenvalue weighted by Gasteiger charge is -2.26. The van der Waals surface area contributed by atoms with E-state index in [2.05, 4.69) is 16.7 Å². The first kappa shape index (κ1) is 14.2. The number of nitrogens with one attached hydrogen (secondary N) is 1. The number of amidine groups is 1. The third-order valence-electron chi connectivity index (χ3n) is 3.39. The fraction of sp³-hybridized carbons (Fsp3) is 0.818. The van der Waals surface area contributed by atoms with Crippen LogP contribution in [0.25, 0.3) is 0 Å². The molecule has 5 nitrogen and oxygen atoms in total. The number of carbonyl (C=O) groups excluding carboxylic acids is 1. The molecule has 1 aliphatic rings. The Hall–Kier alpha value is -0.910. The van der Waals surface area contributed by atoms with E-state index in [1.54, 1.807) is 25.6 Å². The van der Waals surface area contributed by atoms with Crippen molar-refractivity contribution in [3.8, 4) is 0 Å². The molecule has 17 heavy (non-hydrogen) atoms. The highest BCUT2D eigenvalue weighted by Crippen LogP contribution is 2.29. The Labute approximate surface area is 106 Å². The first-order valence-corrected chi connectivity index (χ1v) is 7.04. The van der Waals surface area contributed by atoms with Crippen molar-refractivity contribution in [2.75, 3.05) is 6.26 Å². The van der Waals surface area contributed by atoms with Crippen LogP contribution in [0.4, 0.5) is 0 Å². The number of oxime groups is 1. The molecule has 0 heterocycles. The van der Waals surface area contributed by atoms with Crippen molar-refractivity contribution < 1.29 is 10.0 Å². The molecule has 0 aromatic rings. The number of carbonyl (C=O) groups is 1. The van der Waals surface area contributed by atoms with Crippen LogP contribution < -0.4 is 11.1 Å². The average Bonchev–Trinajstić information content (AvgIpc) is 2.74. The van der Waals surface area contributed by atoms with Gasteiger partial charge >= 0.3 is 0 Å². The lowest BCUT2D eigenvalue weighted by molar-refractivity contribution is -0.127. The highest BCUT2D eigenvalue weighted by atomic mass is 32.2. The molecule has 2 atom stereocenters. The van der Waals surface area contributed by atoms with E-state index in [1.807, 2.05) is 0 Å². The predicted octanol–water partition coefficient (Wildman–Crippen LogP) is 1.16. The minimum Gasteiger partial charge on any atom is -0.409 e. The Morgan fingerprint density at radius 1 is 1.53 bits per heavy atom. The third-order valence-corrected chi connectivity index (χ3v) is 4.56. The van der Waals surface area contributed by atoms with E-state index < -0.39 is 5.41 Å². The molecule has 6 heteroatoms. The van der Waals surface area contributed by atoms with Gasteiger partial charge in [0.1, 0.15) is 5.41 Å². The Bertz CT molecular complexity index is 318. The molecule has 1 fully saturated rings. The molecule has 0 aliphatic heterocycles. The van der Waals surface area contributed by atoms with Gasteiger partial charge in [-0.05, 0) is 32.9 Å². The van der Waals surface area contributed by atoms with Gasteiger partial charge in [0.15, 0.2) is 5.84 Å². The van der Waals surface area contributed by atoms with Crippen LogP contribution in [0.1, 0.15) is 33.1 Å². The van der Waals surface area contributed by atoms with E-state index in [1.165, 1.54) is 0 Å². The molecule has 4 N–H and O–H groups in total. The SMILES string of the molecule is CSC1CCCC1NC(=O)C(C)(C)C(N)=NO. The highest BCUT2D eigenvalue weighted by Gasteiger charge is 2.36. The number of amides is 1. The molecular formula is C11H21N3O2S. The minimum atomic E-state index is -0.972. The summed E-state index contributed by atoms with van der Waals surface area (Å²) in [6.07, 6.45) is 5.34. The van der Waals surface area contributed by atoms with Gasteiger partial charge in [-0.2, -0.15) is 11.8 Å². The lowest BCUT2D eigenvalue weighted by atomic mass is 9.90. The first-order valence-electron chi connectivity index (χ1n) is 5.75. The van der Waals surface area contributed by atoms with Crippen molar-refractivity contribution in [3.05, 3.63) is 0 Å². The maximum atomic E-state index is 12.1. The quantitative estimate of drug-likeness (QED) is 0.306. The van der Waals surface area contributed by atoms with Crippen LogP contribution in [0.15, 0.2) is 5.16 Å². The van der Waals surface area contributed by atoms with Gasteiger partial charge in [0.25, 0.3) is 0 Å². The van der Waals surface area contributed by atoms with E-state index in [4.69, 9.17) is 10.9 Å². The second-order valence-electron chi connectivity index (χ2n) is 4.90. The van der Waals surface area contributed by atoms with E-state index in [0.717, 1.165) is 19.3 Å². The Morgan fingerprint density at radius 3 is 2.71 bits per heavy atom. The molecule has 0 spiro atoms. The van der Waals surface area contributed by atoms with Crippen molar-refractivity contribution in [2.45, 2.75) is 44.4 Å². The van der Waals surface area contributed by atoms with Crippen molar-refractivity contribution in [1.29, 1.82) is 0 Å². The summed E-state index contributed by atoms with van der Waals surface area (Å²) >= 11 is 1.78. The van der Waals surface area contributed by atoms with E-state index in [0.29, 0.717) is 5.25 Å². The van der Waals surface area contributed by atoms with Crippen LogP contribution in [-0.4, -0.2) is 34.5 Å². The standard InChI is InChI=1S/C11H21N3O2S/c1-11(2,9(12)14-16)10(15)13-7-5-4-6-8(7)17-3/h7-8,16H,4-6H2,1-3H3,(H2,12,14)(H,13,15). The smallest absolute Gasteiger partial charge is 0.233 e. The Kier molecular flexibility index (Phi) is 4.68. The van der Waals surface area contributed by atoms with Crippen LogP contribution in [-0.2, 0) is 4.79 Å². The monoisotopic (exact) mass is 259 g/mol. The highest BCUT2D eigenvalue weighted by molar-refractivity contribution is 7.99. The van der Waals surface area contributed by atoms with Crippen LogP contribution in [0.3, 0.4) is 0 Å². The molecule has 0 aromatic heterocycles. The predicted molar refractivity (Wildman–Crippen MR) is 70.3 cm³/mol. The van der Waals surface area contributed by atoms with Gasteiger partial charge < -0.3 is 16.3 Å². The topological polar surface area (TPSA) is 87.7 Å². The number of thioether (sulfide) groups is 1. The summed E-state index contributed by atoms with van der Waals surface area (Å²) in [6, 6.07) is 0.197. The van der Waals surface area contributed by atoms with Gasteiger partial charge in [-0.15, -0.1) is 0 Å². The Balaban J connectivity index is 2.66. The number of hydrogen-bond acceptors (Lipinski definition) is 4. The average molecular weight is 259 g/mol. The molecule has 98 valence electrons. The molecule has 1 saturated carbocycles. The van der Waals surface area contributed by atoms with Crippen molar-refractivity contribution in [2.24, 2.45) is 16.3 Å². The number of nitrogens with two attached hydrogens (primary N) is 1. The zero-order valence-corrected chi connectivity index (χ0v) is 11.4. The maximum absolute atomic E-state index is 12.1. The summed E-state index contributed by atoms with van der Waals surface area (Å²) in [5.74, 6) is -0.243. The van der Waals surface area contributed by atoms with Gasteiger partial charge in [0.05, 0.1) is 0 Å². The van der Waals surface area contributed by atoms with Gasteiger partial charge in [0.2, 0.25) is 5.91 Å². The maximum Gasteiger partial charge on any atom is 0.233 e. The summed E-state index contributed by atoms with van der Waals surface area (Å²) in [5.41, 5.74) is 4.56. The molecule has 0 saturated heterocycles. The summed E-state index contributed by atoms with van der Waals surface area (Å²) in [4.78, 5) is 12.1. The van der Waals surface area contributed by atoms with Crippen LogP contribution in [0.5, 0.6) is 0 Å².